The zero-order valence-corrected chi connectivity index (χ0v) is 16.6. The first-order chi connectivity index (χ1) is 14.1. The summed E-state index contributed by atoms with van der Waals surface area (Å²) in [6.45, 7) is 0.370. The number of benzene rings is 3. The number of nitriles is 1. The van der Waals surface area contributed by atoms with E-state index in [4.69, 9.17) is 38.0 Å². The van der Waals surface area contributed by atoms with Gasteiger partial charge in [0.1, 0.15) is 19.0 Å². The van der Waals surface area contributed by atoms with Crippen LogP contribution < -0.4 is 4.74 Å². The van der Waals surface area contributed by atoms with Gasteiger partial charge in [0.15, 0.2) is 5.75 Å². The molecular formula is C22H15Cl2FN2O2. The maximum atomic E-state index is 13.0. The van der Waals surface area contributed by atoms with Gasteiger partial charge in [-0.15, -0.1) is 0 Å². The molecule has 0 saturated carbocycles. The van der Waals surface area contributed by atoms with Crippen LogP contribution in [-0.4, -0.2) is 6.21 Å². The Balaban J connectivity index is 1.61. The summed E-state index contributed by atoms with van der Waals surface area (Å²) in [6.07, 6.45) is 1.47. The largest absolute Gasteiger partial charge is 0.486 e. The highest BCUT2D eigenvalue weighted by atomic mass is 35.5. The second-order valence-electron chi connectivity index (χ2n) is 6.01. The van der Waals surface area contributed by atoms with Crippen LogP contribution >= 0.6 is 23.2 Å². The first-order valence-electron chi connectivity index (χ1n) is 8.56. The number of ether oxygens (including phenoxy) is 1. The van der Waals surface area contributed by atoms with Gasteiger partial charge >= 0.3 is 0 Å². The van der Waals surface area contributed by atoms with Crippen LogP contribution in [0, 0.1) is 17.1 Å². The lowest BCUT2D eigenvalue weighted by Gasteiger charge is -2.11. The van der Waals surface area contributed by atoms with Crippen molar-refractivity contribution in [2.24, 2.45) is 5.16 Å². The molecule has 4 nitrogen and oxygen atoms in total. The minimum Gasteiger partial charge on any atom is -0.486 e. The highest BCUT2D eigenvalue weighted by Gasteiger charge is 2.10. The van der Waals surface area contributed by atoms with Gasteiger partial charge in [-0.3, -0.25) is 0 Å². The summed E-state index contributed by atoms with van der Waals surface area (Å²) in [5.41, 5.74) is 2.70. The van der Waals surface area contributed by atoms with Gasteiger partial charge in [-0.2, -0.15) is 5.26 Å². The van der Waals surface area contributed by atoms with E-state index in [-0.39, 0.29) is 19.0 Å². The van der Waals surface area contributed by atoms with E-state index in [1.54, 1.807) is 42.5 Å². The highest BCUT2D eigenvalue weighted by molar-refractivity contribution is 6.37. The summed E-state index contributed by atoms with van der Waals surface area (Å²) >= 11 is 12.5. The van der Waals surface area contributed by atoms with Gasteiger partial charge in [-0.1, -0.05) is 58.7 Å². The van der Waals surface area contributed by atoms with Crippen molar-refractivity contribution in [2.45, 2.75) is 13.2 Å². The molecule has 0 N–H and O–H groups in total. The van der Waals surface area contributed by atoms with E-state index in [0.717, 1.165) is 11.1 Å². The zero-order valence-electron chi connectivity index (χ0n) is 15.1. The van der Waals surface area contributed by atoms with Gasteiger partial charge in [0.2, 0.25) is 0 Å². The quantitative estimate of drug-likeness (QED) is 0.335. The average Bonchev–Trinajstić information content (AvgIpc) is 2.72. The minimum atomic E-state index is -0.313. The number of oxime groups is 1. The summed E-state index contributed by atoms with van der Waals surface area (Å²) in [7, 11) is 0. The SMILES string of the molecule is N#Cc1ccccc1CO/N=C\c1cc(Cl)c(OCc2ccc(F)cc2)c(Cl)c1. The molecule has 0 radical (unpaired) electrons. The third-order valence-electron chi connectivity index (χ3n) is 3.95. The third-order valence-corrected chi connectivity index (χ3v) is 4.51. The molecule has 3 aromatic carbocycles. The normalized spacial score (nSPS) is 10.7. The van der Waals surface area contributed by atoms with Crippen molar-refractivity contribution in [3.63, 3.8) is 0 Å². The predicted molar refractivity (Wildman–Crippen MR) is 111 cm³/mol. The number of halogens is 3. The maximum absolute atomic E-state index is 13.0. The fraction of sp³-hybridized carbons (Fsp3) is 0.0909. The molecule has 0 spiro atoms. The number of rotatable bonds is 7. The van der Waals surface area contributed by atoms with Gasteiger partial charge in [0.25, 0.3) is 0 Å². The van der Waals surface area contributed by atoms with E-state index in [2.05, 4.69) is 11.2 Å². The molecular weight excluding hydrogens is 414 g/mol. The molecule has 3 aromatic rings. The first kappa shape index (κ1) is 20.7. The summed E-state index contributed by atoms with van der Waals surface area (Å²) in [5, 5.41) is 13.6. The summed E-state index contributed by atoms with van der Waals surface area (Å²) in [6, 6.07) is 18.5. The maximum Gasteiger partial charge on any atom is 0.157 e. The highest BCUT2D eigenvalue weighted by Crippen LogP contribution is 2.34. The van der Waals surface area contributed by atoms with Crippen molar-refractivity contribution in [1.29, 1.82) is 5.26 Å². The van der Waals surface area contributed by atoms with E-state index in [1.165, 1.54) is 18.3 Å². The van der Waals surface area contributed by atoms with Gasteiger partial charge in [0.05, 0.1) is 27.9 Å². The molecule has 0 aliphatic carbocycles. The van der Waals surface area contributed by atoms with Crippen LogP contribution in [0.25, 0.3) is 0 Å². The van der Waals surface area contributed by atoms with E-state index in [9.17, 15) is 4.39 Å². The van der Waals surface area contributed by atoms with Crippen molar-refractivity contribution in [3.05, 3.63) is 98.8 Å². The lowest BCUT2D eigenvalue weighted by Crippen LogP contribution is -1.98. The van der Waals surface area contributed by atoms with Crippen LogP contribution in [0.1, 0.15) is 22.3 Å². The van der Waals surface area contributed by atoms with Crippen molar-refractivity contribution in [2.75, 3.05) is 0 Å². The Labute approximate surface area is 177 Å². The van der Waals surface area contributed by atoms with Gasteiger partial charge in [0, 0.05) is 5.56 Å². The van der Waals surface area contributed by atoms with Crippen LogP contribution in [0.4, 0.5) is 4.39 Å². The first-order valence-corrected chi connectivity index (χ1v) is 9.32. The lowest BCUT2D eigenvalue weighted by atomic mass is 10.1. The molecule has 146 valence electrons. The summed E-state index contributed by atoms with van der Waals surface area (Å²) < 4.78 is 18.6. The Hall–Kier alpha value is -3.07. The van der Waals surface area contributed by atoms with E-state index >= 15 is 0 Å². The molecule has 0 bridgehead atoms. The minimum absolute atomic E-state index is 0.167. The monoisotopic (exact) mass is 428 g/mol. The standard InChI is InChI=1S/C22H15Cl2FN2O2/c23-20-9-16(12-27-29-14-18-4-2-1-3-17(18)11-26)10-21(24)22(20)28-13-15-5-7-19(25)8-6-15/h1-10,12H,13-14H2/b27-12-. The summed E-state index contributed by atoms with van der Waals surface area (Å²) in [5.74, 6) is 0.0189. The topological polar surface area (TPSA) is 54.6 Å². The average molecular weight is 429 g/mol. The van der Waals surface area contributed by atoms with E-state index in [1.807, 2.05) is 6.07 Å². The second kappa shape index (κ2) is 9.92. The predicted octanol–water partition coefficient (Wildman–Crippen LogP) is 6.13. The molecule has 0 fully saturated rings. The fourth-order valence-corrected chi connectivity index (χ4v) is 3.10. The second-order valence-corrected chi connectivity index (χ2v) is 6.82. The Morgan fingerprint density at radius 2 is 1.69 bits per heavy atom. The van der Waals surface area contributed by atoms with Crippen molar-refractivity contribution in [1.82, 2.24) is 0 Å². The Morgan fingerprint density at radius 1 is 1.00 bits per heavy atom. The van der Waals surface area contributed by atoms with Crippen LogP contribution in [0.15, 0.2) is 65.8 Å². The van der Waals surface area contributed by atoms with Crippen molar-refractivity contribution in [3.8, 4) is 11.8 Å². The van der Waals surface area contributed by atoms with Crippen LogP contribution in [0.5, 0.6) is 5.75 Å². The molecule has 0 unspecified atom stereocenters. The molecule has 0 aromatic heterocycles. The molecule has 0 amide bonds. The molecule has 29 heavy (non-hydrogen) atoms. The van der Waals surface area contributed by atoms with Gasteiger partial charge in [-0.05, 0) is 41.5 Å². The van der Waals surface area contributed by atoms with E-state index < -0.39 is 0 Å². The van der Waals surface area contributed by atoms with E-state index in [0.29, 0.717) is 26.9 Å². The molecule has 0 saturated heterocycles. The lowest BCUT2D eigenvalue weighted by molar-refractivity contribution is 0.132. The van der Waals surface area contributed by atoms with Crippen LogP contribution in [-0.2, 0) is 18.1 Å². The number of hydrogen-bond donors (Lipinski definition) is 0. The molecule has 7 heteroatoms. The van der Waals surface area contributed by atoms with Crippen molar-refractivity contribution < 1.29 is 14.0 Å². The fourth-order valence-electron chi connectivity index (χ4n) is 2.49. The number of nitrogens with zero attached hydrogens (tertiary/aromatic N) is 2. The molecule has 3 rings (SSSR count). The van der Waals surface area contributed by atoms with Gasteiger partial charge in [-0.25, -0.2) is 4.39 Å². The number of hydrogen-bond acceptors (Lipinski definition) is 4. The van der Waals surface area contributed by atoms with Crippen LogP contribution in [0.2, 0.25) is 10.0 Å². The Kier molecular flexibility index (Phi) is 7.07. The molecule has 0 aliphatic rings. The molecule has 0 atom stereocenters. The third kappa shape index (κ3) is 5.71. The smallest absolute Gasteiger partial charge is 0.157 e. The Morgan fingerprint density at radius 3 is 2.38 bits per heavy atom. The molecule has 0 aliphatic heterocycles. The molecule has 0 heterocycles. The van der Waals surface area contributed by atoms with Crippen LogP contribution in [0.3, 0.4) is 0 Å². The zero-order chi connectivity index (χ0) is 20.6. The van der Waals surface area contributed by atoms with Crippen molar-refractivity contribution >= 4 is 29.4 Å². The van der Waals surface area contributed by atoms with Gasteiger partial charge < -0.3 is 9.57 Å². The Bertz CT molecular complexity index is 1040. The summed E-state index contributed by atoms with van der Waals surface area (Å²) in [4.78, 5) is 5.26.